The normalized spacial score (nSPS) is 16.9. The van der Waals surface area contributed by atoms with Crippen LogP contribution < -0.4 is 0 Å². The van der Waals surface area contributed by atoms with Crippen molar-refractivity contribution < 1.29 is 0 Å². The van der Waals surface area contributed by atoms with E-state index in [1.807, 2.05) is 10.6 Å². The molecule has 0 radical (unpaired) electrons. The van der Waals surface area contributed by atoms with Gasteiger partial charge in [0.2, 0.25) is 0 Å². The molecule has 98 valence electrons. The number of fused-ring (bicyclic) bond motifs is 1. The van der Waals surface area contributed by atoms with Crippen LogP contribution in [-0.2, 0) is 0 Å². The van der Waals surface area contributed by atoms with Crippen molar-refractivity contribution in [2.75, 3.05) is 0 Å². The van der Waals surface area contributed by atoms with Gasteiger partial charge in [-0.2, -0.15) is 5.10 Å². The first kappa shape index (κ1) is 13.4. The highest BCUT2D eigenvalue weighted by Crippen LogP contribution is 2.28. The molecule has 0 bridgehead atoms. The summed E-state index contributed by atoms with van der Waals surface area (Å²) in [4.78, 5) is 0. The molecule has 1 saturated carbocycles. The van der Waals surface area contributed by atoms with Crippen molar-refractivity contribution in [3.63, 3.8) is 0 Å². The fraction of sp³-hybridized carbons (Fsp3) is 0.400. The fourth-order valence-corrected chi connectivity index (χ4v) is 4.16. The predicted molar refractivity (Wildman–Crippen MR) is 90.9 cm³/mol. The third kappa shape index (κ3) is 3.12. The summed E-state index contributed by atoms with van der Waals surface area (Å²) in [7, 11) is 0. The van der Waals surface area contributed by atoms with E-state index >= 15 is 0 Å². The number of hydrogen-bond donors (Lipinski definition) is 0. The summed E-state index contributed by atoms with van der Waals surface area (Å²) >= 11 is 2.35. The van der Waals surface area contributed by atoms with Crippen molar-refractivity contribution in [1.82, 2.24) is 9.55 Å². The number of nitrogens with zero attached hydrogens (tertiary/aromatic N) is 2. The Labute approximate surface area is 128 Å². The Bertz CT molecular complexity index is 632. The zero-order chi connectivity index (χ0) is 13.1. The van der Waals surface area contributed by atoms with Crippen LogP contribution in [0.25, 0.3) is 10.9 Å². The summed E-state index contributed by atoms with van der Waals surface area (Å²) in [5.41, 5.74) is 2.32. The van der Waals surface area contributed by atoms with Gasteiger partial charge in [-0.1, -0.05) is 31.1 Å². The van der Waals surface area contributed by atoms with Crippen molar-refractivity contribution in [3.05, 3.63) is 30.0 Å². The second kappa shape index (κ2) is 6.24. The van der Waals surface area contributed by atoms with Gasteiger partial charge in [0.05, 0.1) is 18.1 Å². The lowest BCUT2D eigenvalue weighted by atomic mass is 9.89. The van der Waals surface area contributed by atoms with Crippen molar-refractivity contribution in [3.8, 4) is 11.8 Å². The summed E-state index contributed by atoms with van der Waals surface area (Å²) in [6.07, 6.45) is 9.24. The van der Waals surface area contributed by atoms with Gasteiger partial charge in [0.25, 0.3) is 0 Å². The third-order valence-corrected chi connectivity index (χ3v) is 5.56. The summed E-state index contributed by atoms with van der Waals surface area (Å²) in [5.74, 6) is 7.41. The molecule has 1 aromatic heterocycles. The first-order valence-electron chi connectivity index (χ1n) is 6.73. The van der Waals surface area contributed by atoms with Gasteiger partial charge in [-0.3, -0.25) is 0 Å². The molecule has 1 fully saturated rings. The lowest BCUT2D eigenvalue weighted by molar-refractivity contribution is 0.430. The molecule has 1 atom stereocenters. The summed E-state index contributed by atoms with van der Waals surface area (Å²) in [5, 5.41) is 5.57. The molecule has 0 aliphatic heterocycles. The maximum atomic E-state index is 4.38. The van der Waals surface area contributed by atoms with Crippen molar-refractivity contribution in [2.24, 2.45) is 5.92 Å². The van der Waals surface area contributed by atoms with Crippen molar-refractivity contribution in [1.29, 1.82) is 0 Å². The van der Waals surface area contributed by atoms with Crippen LogP contribution in [0.15, 0.2) is 24.4 Å². The molecule has 3 rings (SSSR count). The highest BCUT2D eigenvalue weighted by atomic mass is 127. The number of rotatable bonds is 1. The SMILES string of the molecule is IPn1ncc2cc(C#CC3CCCCC3)ccc21. The second-order valence-corrected chi connectivity index (χ2v) is 7.06. The Kier molecular flexibility index (Phi) is 4.40. The van der Waals surface area contributed by atoms with Gasteiger partial charge < -0.3 is 0 Å². The molecular formula is C15H16IN2P. The molecule has 4 heteroatoms. The Hall–Kier alpha value is -0.590. The minimum atomic E-state index is 0.614. The molecule has 1 aliphatic rings. The van der Waals surface area contributed by atoms with Crippen LogP contribution in [0.5, 0.6) is 0 Å². The molecule has 2 aromatic rings. The largest absolute Gasteiger partial charge is 0.237 e. The summed E-state index contributed by atoms with van der Waals surface area (Å²) in [6.45, 7) is 0. The number of hydrogen-bond acceptors (Lipinski definition) is 1. The van der Waals surface area contributed by atoms with Crippen molar-refractivity contribution >= 4 is 39.3 Å². The molecule has 0 spiro atoms. The molecule has 0 saturated heterocycles. The Morgan fingerprint density at radius 3 is 2.89 bits per heavy atom. The Morgan fingerprint density at radius 2 is 2.11 bits per heavy atom. The van der Waals surface area contributed by atoms with Gasteiger partial charge in [-0.15, -0.1) is 0 Å². The molecule has 1 unspecified atom stereocenters. The van der Waals surface area contributed by atoms with E-state index in [4.69, 9.17) is 0 Å². The minimum Gasteiger partial charge on any atom is -0.237 e. The topological polar surface area (TPSA) is 17.8 Å². The average molecular weight is 382 g/mol. The highest BCUT2D eigenvalue weighted by molar-refractivity contribution is 14.2. The molecular weight excluding hydrogens is 366 g/mol. The van der Waals surface area contributed by atoms with Crippen LogP contribution in [0.2, 0.25) is 0 Å². The first-order chi connectivity index (χ1) is 9.36. The molecule has 1 aliphatic carbocycles. The summed E-state index contributed by atoms with van der Waals surface area (Å²) in [6, 6.07) is 6.41. The van der Waals surface area contributed by atoms with Crippen LogP contribution in [-0.4, -0.2) is 9.55 Å². The smallest absolute Gasteiger partial charge is 0.0730 e. The van der Waals surface area contributed by atoms with E-state index < -0.39 is 0 Å². The van der Waals surface area contributed by atoms with Crippen LogP contribution >= 0.6 is 28.4 Å². The Balaban J connectivity index is 1.83. The van der Waals surface area contributed by atoms with E-state index in [0.29, 0.717) is 12.3 Å². The van der Waals surface area contributed by atoms with Gasteiger partial charge >= 0.3 is 0 Å². The molecule has 0 amide bonds. The quantitative estimate of drug-likeness (QED) is 0.395. The molecule has 1 aromatic carbocycles. The fourth-order valence-electron chi connectivity index (χ4n) is 2.61. The van der Waals surface area contributed by atoms with E-state index in [1.54, 1.807) is 0 Å². The van der Waals surface area contributed by atoms with Crippen LogP contribution in [0.1, 0.15) is 37.7 Å². The van der Waals surface area contributed by atoms with E-state index in [2.05, 4.69) is 57.2 Å². The minimum absolute atomic E-state index is 0.614. The Morgan fingerprint density at radius 1 is 1.26 bits per heavy atom. The highest BCUT2D eigenvalue weighted by Gasteiger charge is 2.10. The van der Waals surface area contributed by atoms with Gasteiger partial charge in [0.1, 0.15) is 0 Å². The molecule has 1 heterocycles. The lowest BCUT2D eigenvalue weighted by Gasteiger charge is -2.15. The van der Waals surface area contributed by atoms with E-state index in [1.165, 1.54) is 43.0 Å². The average Bonchev–Trinajstić information content (AvgIpc) is 2.88. The molecule has 2 nitrogen and oxygen atoms in total. The summed E-state index contributed by atoms with van der Waals surface area (Å²) < 4.78 is 2.04. The third-order valence-electron chi connectivity index (χ3n) is 3.67. The zero-order valence-corrected chi connectivity index (χ0v) is 13.9. The maximum absolute atomic E-state index is 4.38. The van der Waals surface area contributed by atoms with Crippen LogP contribution in [0, 0.1) is 17.8 Å². The van der Waals surface area contributed by atoms with Gasteiger partial charge in [0.15, 0.2) is 0 Å². The van der Waals surface area contributed by atoms with E-state index in [-0.39, 0.29) is 0 Å². The maximum Gasteiger partial charge on any atom is 0.0730 e. The molecule has 0 N–H and O–H groups in total. The second-order valence-electron chi connectivity index (χ2n) is 5.02. The monoisotopic (exact) mass is 382 g/mol. The van der Waals surface area contributed by atoms with Crippen LogP contribution in [0.3, 0.4) is 0 Å². The molecule has 19 heavy (non-hydrogen) atoms. The van der Waals surface area contributed by atoms with E-state index in [9.17, 15) is 0 Å². The van der Waals surface area contributed by atoms with Gasteiger partial charge in [-0.25, -0.2) is 4.45 Å². The zero-order valence-electron chi connectivity index (χ0n) is 10.7. The van der Waals surface area contributed by atoms with Crippen molar-refractivity contribution in [2.45, 2.75) is 32.1 Å². The van der Waals surface area contributed by atoms with Gasteiger partial charge in [0, 0.05) is 16.9 Å². The predicted octanol–water partition coefficient (Wildman–Crippen LogP) is 4.76. The van der Waals surface area contributed by atoms with E-state index in [0.717, 1.165) is 5.56 Å². The van der Waals surface area contributed by atoms with Crippen LogP contribution in [0.4, 0.5) is 0 Å². The number of benzene rings is 1. The number of halogens is 1. The van der Waals surface area contributed by atoms with Gasteiger partial charge in [-0.05, 0) is 53.1 Å². The first-order valence-corrected chi connectivity index (χ1v) is 10.8. The number of aromatic nitrogens is 2. The lowest BCUT2D eigenvalue weighted by Crippen LogP contribution is -2.02. The standard InChI is InChI=1S/C15H16IN2P/c16-19-18-15-9-8-13(10-14(15)11-17-18)7-6-12-4-2-1-3-5-12/h8-12,19H,1-5H2.